The number of nitrogens with one attached hydrogen (secondary N) is 1. The molecule has 2 fully saturated rings. The molecule has 1 aromatic rings. The molecule has 3 nitrogen and oxygen atoms in total. The lowest BCUT2D eigenvalue weighted by Gasteiger charge is -2.50. The molecule has 21 heavy (non-hydrogen) atoms. The summed E-state index contributed by atoms with van der Waals surface area (Å²) in [6.07, 6.45) is 6.56. The number of rotatable bonds is 2. The highest BCUT2D eigenvalue weighted by molar-refractivity contribution is 6.35. The van der Waals surface area contributed by atoms with Gasteiger partial charge in [-0.15, -0.1) is 0 Å². The minimum absolute atomic E-state index is 0.286. The van der Waals surface area contributed by atoms with Crippen LogP contribution in [-0.2, 0) is 6.54 Å². The third-order valence-corrected chi connectivity index (χ3v) is 5.61. The Hall–Kier alpha value is -0.350. The Labute approximate surface area is 137 Å². The van der Waals surface area contributed by atoms with Crippen LogP contribution in [-0.4, -0.2) is 35.1 Å². The quantitative estimate of drug-likeness (QED) is 0.837. The van der Waals surface area contributed by atoms with E-state index in [1.807, 2.05) is 13.0 Å². The van der Waals surface area contributed by atoms with Crippen molar-refractivity contribution in [1.82, 2.24) is 15.2 Å². The number of pyridine rings is 1. The van der Waals surface area contributed by atoms with Crippen LogP contribution < -0.4 is 5.32 Å². The summed E-state index contributed by atoms with van der Waals surface area (Å²) in [5, 5.41) is 4.88. The lowest BCUT2D eigenvalue weighted by molar-refractivity contribution is 0.0208. The van der Waals surface area contributed by atoms with E-state index in [1.54, 1.807) is 0 Å². The number of nitrogens with zero attached hydrogens (tertiary/aromatic N) is 2. The van der Waals surface area contributed by atoms with E-state index in [-0.39, 0.29) is 5.54 Å². The number of aryl methyl sites for hydroxylation is 1. The number of hydrogen-bond acceptors (Lipinski definition) is 3. The summed E-state index contributed by atoms with van der Waals surface area (Å²) in [6, 6.07) is 1.92. The van der Waals surface area contributed by atoms with Crippen LogP contribution in [0.25, 0.3) is 0 Å². The summed E-state index contributed by atoms with van der Waals surface area (Å²) in [4.78, 5) is 6.96. The monoisotopic (exact) mass is 327 g/mol. The fraction of sp³-hybridized carbons (Fsp3) is 0.688. The van der Waals surface area contributed by atoms with Gasteiger partial charge in [-0.2, -0.15) is 0 Å². The largest absolute Gasteiger partial charge is 0.314 e. The molecular formula is C16H23Cl2N3. The average Bonchev–Trinajstić information content (AvgIpc) is 2.45. The minimum Gasteiger partial charge on any atom is -0.314 e. The molecule has 2 heterocycles. The van der Waals surface area contributed by atoms with Crippen molar-refractivity contribution in [3.8, 4) is 0 Å². The summed E-state index contributed by atoms with van der Waals surface area (Å²) in [5.74, 6) is 0. The van der Waals surface area contributed by atoms with Gasteiger partial charge < -0.3 is 5.32 Å². The van der Waals surface area contributed by atoms with Crippen LogP contribution in [0.1, 0.15) is 43.4 Å². The average molecular weight is 328 g/mol. The van der Waals surface area contributed by atoms with Gasteiger partial charge in [-0.05, 0) is 25.8 Å². The van der Waals surface area contributed by atoms with E-state index in [4.69, 9.17) is 23.2 Å². The standard InChI is InChI=1S/C16H23Cl2N3/c1-12-9-14(17)13(15(18)20-12)10-21-8-7-19-11-16(21)5-3-2-4-6-16/h9,19H,2-8,10-11H2,1H3. The fourth-order valence-corrected chi connectivity index (χ4v) is 4.44. The molecule has 0 bridgehead atoms. The lowest BCUT2D eigenvalue weighted by Crippen LogP contribution is -2.61. The summed E-state index contributed by atoms with van der Waals surface area (Å²) in [5.41, 5.74) is 2.14. The second-order valence-corrected chi connectivity index (χ2v) is 7.16. The van der Waals surface area contributed by atoms with Crippen LogP contribution in [0.5, 0.6) is 0 Å². The van der Waals surface area contributed by atoms with E-state index in [0.29, 0.717) is 5.15 Å². The molecule has 1 aliphatic carbocycles. The van der Waals surface area contributed by atoms with E-state index in [9.17, 15) is 0 Å². The van der Waals surface area contributed by atoms with E-state index < -0.39 is 0 Å². The number of aromatic nitrogens is 1. The Kier molecular flexibility index (Phi) is 4.75. The maximum absolute atomic E-state index is 6.41. The second kappa shape index (κ2) is 6.41. The van der Waals surface area contributed by atoms with Gasteiger partial charge in [0.05, 0.1) is 0 Å². The number of halogens is 2. The molecular weight excluding hydrogens is 305 g/mol. The van der Waals surface area contributed by atoms with Gasteiger partial charge in [0.2, 0.25) is 0 Å². The predicted molar refractivity (Wildman–Crippen MR) is 88.1 cm³/mol. The van der Waals surface area contributed by atoms with Gasteiger partial charge in [-0.25, -0.2) is 4.98 Å². The van der Waals surface area contributed by atoms with Crippen molar-refractivity contribution in [2.75, 3.05) is 19.6 Å². The van der Waals surface area contributed by atoms with Gasteiger partial charge in [-0.3, -0.25) is 4.90 Å². The SMILES string of the molecule is Cc1cc(Cl)c(CN2CCNCC23CCCCC3)c(Cl)n1. The fourth-order valence-electron chi connectivity index (χ4n) is 3.79. The molecule has 1 aliphatic heterocycles. The summed E-state index contributed by atoms with van der Waals surface area (Å²) < 4.78 is 0. The molecule has 0 unspecified atom stereocenters. The smallest absolute Gasteiger partial charge is 0.135 e. The first-order chi connectivity index (χ1) is 10.1. The van der Waals surface area contributed by atoms with Crippen LogP contribution in [0.15, 0.2) is 6.07 Å². The molecule has 1 aromatic heterocycles. The number of hydrogen-bond donors (Lipinski definition) is 1. The number of piperazine rings is 1. The lowest BCUT2D eigenvalue weighted by atomic mass is 9.79. The van der Waals surface area contributed by atoms with Crippen molar-refractivity contribution >= 4 is 23.2 Å². The van der Waals surface area contributed by atoms with E-state index >= 15 is 0 Å². The van der Waals surface area contributed by atoms with Gasteiger partial charge in [0.1, 0.15) is 5.15 Å². The Morgan fingerprint density at radius 2 is 2.05 bits per heavy atom. The molecule has 0 aromatic carbocycles. The molecule has 0 amide bonds. The molecule has 3 rings (SSSR count). The second-order valence-electron chi connectivity index (χ2n) is 6.40. The van der Waals surface area contributed by atoms with Crippen LogP contribution >= 0.6 is 23.2 Å². The highest BCUT2D eigenvalue weighted by Crippen LogP contribution is 2.37. The highest BCUT2D eigenvalue weighted by atomic mass is 35.5. The summed E-state index contributed by atoms with van der Waals surface area (Å²) in [7, 11) is 0. The maximum Gasteiger partial charge on any atom is 0.135 e. The van der Waals surface area contributed by atoms with Crippen molar-refractivity contribution in [3.05, 3.63) is 27.5 Å². The third kappa shape index (κ3) is 3.21. The first-order valence-electron chi connectivity index (χ1n) is 7.88. The van der Waals surface area contributed by atoms with Crippen molar-refractivity contribution in [3.63, 3.8) is 0 Å². The molecule has 1 spiro atoms. The Balaban J connectivity index is 1.85. The normalized spacial score (nSPS) is 22.6. The molecule has 1 saturated heterocycles. The predicted octanol–water partition coefficient (Wildman–Crippen LogP) is 3.80. The Bertz CT molecular complexity index is 481. The van der Waals surface area contributed by atoms with Gasteiger partial charge in [0.15, 0.2) is 0 Å². The Morgan fingerprint density at radius 1 is 1.29 bits per heavy atom. The molecule has 0 atom stereocenters. The first-order valence-corrected chi connectivity index (χ1v) is 8.64. The molecule has 1 saturated carbocycles. The molecule has 5 heteroatoms. The Morgan fingerprint density at radius 3 is 2.76 bits per heavy atom. The van der Waals surface area contributed by atoms with Crippen LogP contribution in [0.3, 0.4) is 0 Å². The van der Waals surface area contributed by atoms with Crippen molar-refractivity contribution in [2.24, 2.45) is 0 Å². The van der Waals surface area contributed by atoms with Gasteiger partial charge in [0.25, 0.3) is 0 Å². The topological polar surface area (TPSA) is 28.2 Å². The minimum atomic E-state index is 0.286. The van der Waals surface area contributed by atoms with Gasteiger partial charge >= 0.3 is 0 Å². The molecule has 0 radical (unpaired) electrons. The van der Waals surface area contributed by atoms with E-state index in [0.717, 1.165) is 42.5 Å². The van der Waals surface area contributed by atoms with Gasteiger partial charge in [0, 0.05) is 48.0 Å². The van der Waals surface area contributed by atoms with E-state index in [2.05, 4.69) is 15.2 Å². The summed E-state index contributed by atoms with van der Waals surface area (Å²) in [6.45, 7) is 5.92. The van der Waals surface area contributed by atoms with Crippen molar-refractivity contribution < 1.29 is 0 Å². The third-order valence-electron chi connectivity index (χ3n) is 4.96. The molecule has 2 aliphatic rings. The van der Waals surface area contributed by atoms with Crippen LogP contribution in [0, 0.1) is 6.92 Å². The van der Waals surface area contributed by atoms with Crippen molar-refractivity contribution in [1.29, 1.82) is 0 Å². The van der Waals surface area contributed by atoms with E-state index in [1.165, 1.54) is 32.1 Å². The van der Waals surface area contributed by atoms with Gasteiger partial charge in [-0.1, -0.05) is 42.5 Å². The maximum atomic E-state index is 6.41. The zero-order valence-corrected chi connectivity index (χ0v) is 14.1. The zero-order valence-electron chi connectivity index (χ0n) is 12.6. The molecule has 1 N–H and O–H groups in total. The van der Waals surface area contributed by atoms with Crippen molar-refractivity contribution in [2.45, 2.75) is 51.1 Å². The first kappa shape index (κ1) is 15.5. The highest BCUT2D eigenvalue weighted by Gasteiger charge is 2.39. The zero-order chi connectivity index (χ0) is 14.9. The van der Waals surface area contributed by atoms with Crippen LogP contribution in [0.2, 0.25) is 10.2 Å². The summed E-state index contributed by atoms with van der Waals surface area (Å²) >= 11 is 12.8. The molecule has 116 valence electrons. The van der Waals surface area contributed by atoms with Crippen LogP contribution in [0.4, 0.5) is 0 Å².